The predicted molar refractivity (Wildman–Crippen MR) is 84.8 cm³/mol. The highest BCUT2D eigenvalue weighted by Crippen LogP contribution is 2.36. The smallest absolute Gasteiger partial charge is 0.100 e. The second-order valence-electron chi connectivity index (χ2n) is 5.78. The molecule has 0 atom stereocenters. The van der Waals surface area contributed by atoms with Crippen LogP contribution in [0.15, 0.2) is 42.5 Å². The molecule has 2 rings (SSSR count). The number of benzene rings is 2. The molecule has 102 valence electrons. The average molecular weight is 263 g/mol. The van der Waals surface area contributed by atoms with E-state index in [0.717, 1.165) is 22.3 Å². The molecule has 2 aromatic rings. The molecule has 0 unspecified atom stereocenters. The van der Waals surface area contributed by atoms with Gasteiger partial charge in [0.25, 0.3) is 0 Å². The van der Waals surface area contributed by atoms with E-state index in [2.05, 4.69) is 58.0 Å². The summed E-state index contributed by atoms with van der Waals surface area (Å²) in [7, 11) is 0. The summed E-state index contributed by atoms with van der Waals surface area (Å²) >= 11 is 0. The highest BCUT2D eigenvalue weighted by atomic mass is 14.3. The van der Waals surface area contributed by atoms with E-state index in [1.807, 2.05) is 18.2 Å². The van der Waals surface area contributed by atoms with Gasteiger partial charge in [0.05, 0.1) is 5.56 Å². The standard InChI is InChI=1S/C19H21N/c1-13(2)16-10-11-17(14(3)4)19(18(16)12-20)15-8-6-5-7-9-15/h5-11,13-14H,1-4H3. The maximum absolute atomic E-state index is 9.67. The lowest BCUT2D eigenvalue weighted by atomic mass is 9.84. The van der Waals surface area contributed by atoms with Crippen LogP contribution >= 0.6 is 0 Å². The molecular formula is C19H21N. The Morgan fingerprint density at radius 3 is 1.85 bits per heavy atom. The normalized spacial score (nSPS) is 10.8. The first-order chi connectivity index (χ1) is 9.56. The molecule has 20 heavy (non-hydrogen) atoms. The van der Waals surface area contributed by atoms with Crippen molar-refractivity contribution in [2.75, 3.05) is 0 Å². The number of hydrogen-bond acceptors (Lipinski definition) is 1. The third-order valence-electron chi connectivity index (χ3n) is 3.69. The van der Waals surface area contributed by atoms with Crippen molar-refractivity contribution in [3.05, 3.63) is 59.2 Å². The summed E-state index contributed by atoms with van der Waals surface area (Å²) in [5.41, 5.74) is 5.45. The van der Waals surface area contributed by atoms with Crippen LogP contribution in [-0.2, 0) is 0 Å². The molecule has 0 fully saturated rings. The van der Waals surface area contributed by atoms with Gasteiger partial charge in [0, 0.05) is 5.56 Å². The molecule has 2 aromatic carbocycles. The zero-order chi connectivity index (χ0) is 14.7. The first-order valence-electron chi connectivity index (χ1n) is 7.18. The fourth-order valence-electron chi connectivity index (χ4n) is 2.63. The first kappa shape index (κ1) is 14.3. The molecule has 0 N–H and O–H groups in total. The number of rotatable bonds is 3. The zero-order valence-electron chi connectivity index (χ0n) is 12.6. The van der Waals surface area contributed by atoms with Crippen LogP contribution in [-0.4, -0.2) is 0 Å². The van der Waals surface area contributed by atoms with Crippen LogP contribution in [0.3, 0.4) is 0 Å². The third-order valence-corrected chi connectivity index (χ3v) is 3.69. The van der Waals surface area contributed by atoms with Gasteiger partial charge < -0.3 is 0 Å². The number of nitrogens with zero attached hydrogens (tertiary/aromatic N) is 1. The van der Waals surface area contributed by atoms with E-state index in [1.54, 1.807) is 0 Å². The first-order valence-corrected chi connectivity index (χ1v) is 7.18. The summed E-state index contributed by atoms with van der Waals surface area (Å²) in [6.07, 6.45) is 0. The van der Waals surface area contributed by atoms with Crippen molar-refractivity contribution in [2.45, 2.75) is 39.5 Å². The second kappa shape index (κ2) is 5.92. The van der Waals surface area contributed by atoms with Gasteiger partial charge in [0.15, 0.2) is 0 Å². The Balaban J connectivity index is 2.80. The van der Waals surface area contributed by atoms with E-state index in [9.17, 15) is 5.26 Å². The summed E-state index contributed by atoms with van der Waals surface area (Å²) in [6, 6.07) is 17.0. The van der Waals surface area contributed by atoms with Crippen LogP contribution in [0, 0.1) is 11.3 Å². The van der Waals surface area contributed by atoms with Crippen LogP contribution < -0.4 is 0 Å². The summed E-state index contributed by atoms with van der Waals surface area (Å²) in [5, 5.41) is 9.67. The minimum Gasteiger partial charge on any atom is -0.192 e. The molecule has 0 aliphatic rings. The highest BCUT2D eigenvalue weighted by molar-refractivity contribution is 5.76. The highest BCUT2D eigenvalue weighted by Gasteiger charge is 2.18. The molecule has 0 aromatic heterocycles. The molecular weight excluding hydrogens is 242 g/mol. The fraction of sp³-hybridized carbons (Fsp3) is 0.316. The van der Waals surface area contributed by atoms with Gasteiger partial charge >= 0.3 is 0 Å². The maximum Gasteiger partial charge on any atom is 0.100 e. The average Bonchev–Trinajstić information content (AvgIpc) is 2.46. The van der Waals surface area contributed by atoms with Gasteiger partial charge in [-0.2, -0.15) is 5.26 Å². The van der Waals surface area contributed by atoms with Gasteiger partial charge in [-0.1, -0.05) is 70.2 Å². The molecule has 0 saturated heterocycles. The van der Waals surface area contributed by atoms with Crippen LogP contribution in [0.4, 0.5) is 0 Å². The molecule has 0 aliphatic heterocycles. The van der Waals surface area contributed by atoms with Crippen molar-refractivity contribution in [1.82, 2.24) is 0 Å². The molecule has 0 spiro atoms. The van der Waals surface area contributed by atoms with E-state index < -0.39 is 0 Å². The third kappa shape index (κ3) is 2.60. The van der Waals surface area contributed by atoms with Crippen molar-refractivity contribution < 1.29 is 0 Å². The molecule has 0 saturated carbocycles. The molecule has 0 radical (unpaired) electrons. The Kier molecular flexibility index (Phi) is 4.25. The predicted octanol–water partition coefficient (Wildman–Crippen LogP) is 5.47. The lowest BCUT2D eigenvalue weighted by molar-refractivity contribution is 0.843. The van der Waals surface area contributed by atoms with E-state index in [4.69, 9.17) is 0 Å². The minimum absolute atomic E-state index is 0.355. The van der Waals surface area contributed by atoms with Crippen molar-refractivity contribution >= 4 is 0 Å². The maximum atomic E-state index is 9.67. The Morgan fingerprint density at radius 1 is 0.800 bits per heavy atom. The van der Waals surface area contributed by atoms with Gasteiger partial charge in [-0.05, 0) is 28.5 Å². The number of hydrogen-bond donors (Lipinski definition) is 0. The molecule has 0 heterocycles. The van der Waals surface area contributed by atoms with Crippen molar-refractivity contribution in [3.63, 3.8) is 0 Å². The lowest BCUT2D eigenvalue weighted by Crippen LogP contribution is -2.01. The quantitative estimate of drug-likeness (QED) is 0.720. The van der Waals surface area contributed by atoms with E-state index >= 15 is 0 Å². The summed E-state index contributed by atoms with van der Waals surface area (Å²) in [6.45, 7) is 8.63. The van der Waals surface area contributed by atoms with Gasteiger partial charge in [-0.3, -0.25) is 0 Å². The van der Waals surface area contributed by atoms with Crippen LogP contribution in [0.25, 0.3) is 11.1 Å². The Labute approximate surface area is 121 Å². The Bertz CT molecular complexity index is 631. The molecule has 1 nitrogen and oxygen atoms in total. The van der Waals surface area contributed by atoms with Crippen LogP contribution in [0.2, 0.25) is 0 Å². The zero-order valence-corrected chi connectivity index (χ0v) is 12.6. The van der Waals surface area contributed by atoms with E-state index in [0.29, 0.717) is 11.8 Å². The summed E-state index contributed by atoms with van der Waals surface area (Å²) < 4.78 is 0. The SMILES string of the molecule is CC(C)c1ccc(C(C)C)c(-c2ccccc2)c1C#N. The topological polar surface area (TPSA) is 23.8 Å². The Hall–Kier alpha value is -2.07. The molecule has 0 aliphatic carbocycles. The molecule has 1 heteroatoms. The number of nitriles is 1. The van der Waals surface area contributed by atoms with E-state index in [-0.39, 0.29) is 0 Å². The summed E-state index contributed by atoms with van der Waals surface area (Å²) in [5.74, 6) is 0.756. The summed E-state index contributed by atoms with van der Waals surface area (Å²) in [4.78, 5) is 0. The van der Waals surface area contributed by atoms with E-state index in [1.165, 1.54) is 5.56 Å². The van der Waals surface area contributed by atoms with Crippen molar-refractivity contribution in [1.29, 1.82) is 5.26 Å². The van der Waals surface area contributed by atoms with Gasteiger partial charge in [-0.25, -0.2) is 0 Å². The van der Waals surface area contributed by atoms with Gasteiger partial charge in [-0.15, -0.1) is 0 Å². The second-order valence-corrected chi connectivity index (χ2v) is 5.78. The fourth-order valence-corrected chi connectivity index (χ4v) is 2.63. The Morgan fingerprint density at radius 2 is 1.35 bits per heavy atom. The minimum atomic E-state index is 0.355. The lowest BCUT2D eigenvalue weighted by Gasteiger charge is -2.19. The molecule has 0 bridgehead atoms. The van der Waals surface area contributed by atoms with Gasteiger partial charge in [0.1, 0.15) is 6.07 Å². The largest absolute Gasteiger partial charge is 0.192 e. The van der Waals surface area contributed by atoms with Crippen LogP contribution in [0.1, 0.15) is 56.2 Å². The van der Waals surface area contributed by atoms with Crippen molar-refractivity contribution in [3.8, 4) is 17.2 Å². The van der Waals surface area contributed by atoms with Crippen LogP contribution in [0.5, 0.6) is 0 Å². The van der Waals surface area contributed by atoms with Crippen molar-refractivity contribution in [2.24, 2.45) is 0 Å². The molecule has 0 amide bonds. The monoisotopic (exact) mass is 263 g/mol. The van der Waals surface area contributed by atoms with Gasteiger partial charge in [0.2, 0.25) is 0 Å².